The van der Waals surface area contributed by atoms with Gasteiger partial charge < -0.3 is 19.7 Å². The molecule has 6 nitrogen and oxygen atoms in total. The molecule has 0 atom stereocenters. The lowest BCUT2D eigenvalue weighted by Crippen LogP contribution is -2.43. The zero-order chi connectivity index (χ0) is 18.5. The largest absolute Gasteiger partial charge is 0.493 e. The predicted molar refractivity (Wildman–Crippen MR) is 118 cm³/mol. The molecule has 146 valence electrons. The number of fused-ring (bicyclic) bond motifs is 1. The number of hydrogen-bond donors (Lipinski definition) is 1. The topological polar surface area (TPSA) is 59.0 Å². The molecule has 2 aromatic rings. The maximum absolute atomic E-state index is 5.44. The van der Waals surface area contributed by atoms with Crippen molar-refractivity contribution in [3.05, 3.63) is 52.8 Å². The summed E-state index contributed by atoms with van der Waals surface area (Å²) < 4.78 is 10.9. The van der Waals surface area contributed by atoms with E-state index in [1.807, 2.05) is 32.2 Å². The first-order valence-corrected chi connectivity index (χ1v) is 8.76. The average molecular weight is 482 g/mol. The summed E-state index contributed by atoms with van der Waals surface area (Å²) in [6, 6.07) is 10.2. The Bertz CT molecular complexity index is 811. The number of pyridine rings is 1. The van der Waals surface area contributed by atoms with Crippen LogP contribution in [-0.4, -0.2) is 43.7 Å². The summed E-state index contributed by atoms with van der Waals surface area (Å²) in [4.78, 5) is 11.2. The van der Waals surface area contributed by atoms with E-state index in [9.17, 15) is 0 Å². The number of guanidine groups is 1. The Morgan fingerprint density at radius 1 is 1.19 bits per heavy atom. The predicted octanol–water partition coefficient (Wildman–Crippen LogP) is 3.16. The molecule has 3 rings (SSSR count). The summed E-state index contributed by atoms with van der Waals surface area (Å²) in [6.07, 6.45) is 0.944. The highest BCUT2D eigenvalue weighted by molar-refractivity contribution is 14.0. The first-order chi connectivity index (χ1) is 12.6. The van der Waals surface area contributed by atoms with Crippen molar-refractivity contribution >= 4 is 29.9 Å². The van der Waals surface area contributed by atoms with Gasteiger partial charge in [0, 0.05) is 25.8 Å². The van der Waals surface area contributed by atoms with Crippen molar-refractivity contribution in [2.45, 2.75) is 26.4 Å². The van der Waals surface area contributed by atoms with Crippen molar-refractivity contribution in [3.8, 4) is 11.5 Å². The third kappa shape index (κ3) is 5.03. The number of aromatic nitrogens is 1. The number of nitrogens with zero attached hydrogens (tertiary/aromatic N) is 3. The van der Waals surface area contributed by atoms with Crippen molar-refractivity contribution < 1.29 is 9.47 Å². The molecule has 27 heavy (non-hydrogen) atoms. The lowest BCUT2D eigenvalue weighted by atomic mass is 9.99. The molecule has 0 saturated heterocycles. The normalized spacial score (nSPS) is 13.5. The summed E-state index contributed by atoms with van der Waals surface area (Å²) in [5.41, 5.74) is 4.57. The standard InChI is InChI=1S/C20H26N4O2.HI/c1-14-6-5-7-17(23-14)12-22-20(21-2)24-9-8-15-10-18(25-3)19(26-4)11-16(15)13-24;/h5-7,10-11H,8-9,12-13H2,1-4H3,(H,21,22);1H. The number of methoxy groups -OCH3 is 2. The summed E-state index contributed by atoms with van der Waals surface area (Å²) in [5.74, 6) is 2.43. The van der Waals surface area contributed by atoms with Crippen LogP contribution in [0, 0.1) is 6.92 Å². The molecular weight excluding hydrogens is 455 g/mol. The van der Waals surface area contributed by atoms with Gasteiger partial charge in [-0.15, -0.1) is 24.0 Å². The van der Waals surface area contributed by atoms with Crippen molar-refractivity contribution in [1.29, 1.82) is 0 Å². The second-order valence-electron chi connectivity index (χ2n) is 6.32. The average Bonchev–Trinajstić information content (AvgIpc) is 2.67. The number of aryl methyl sites for hydroxylation is 1. The highest BCUT2D eigenvalue weighted by Gasteiger charge is 2.21. The number of benzene rings is 1. The summed E-state index contributed by atoms with van der Waals surface area (Å²) in [5, 5.41) is 3.42. The Hall–Kier alpha value is -2.03. The van der Waals surface area contributed by atoms with E-state index in [-0.39, 0.29) is 24.0 Å². The smallest absolute Gasteiger partial charge is 0.194 e. The molecule has 0 saturated carbocycles. The molecule has 0 unspecified atom stereocenters. The molecule has 0 aliphatic carbocycles. The Morgan fingerprint density at radius 3 is 2.52 bits per heavy atom. The zero-order valence-electron chi connectivity index (χ0n) is 16.3. The number of nitrogens with one attached hydrogen (secondary N) is 1. The third-order valence-electron chi connectivity index (χ3n) is 4.60. The highest BCUT2D eigenvalue weighted by atomic mass is 127. The van der Waals surface area contributed by atoms with E-state index in [4.69, 9.17) is 9.47 Å². The quantitative estimate of drug-likeness (QED) is 0.412. The van der Waals surface area contributed by atoms with Crippen LogP contribution in [0.2, 0.25) is 0 Å². The fourth-order valence-electron chi connectivity index (χ4n) is 3.26. The number of ether oxygens (including phenoxy) is 2. The van der Waals surface area contributed by atoms with Gasteiger partial charge >= 0.3 is 0 Å². The molecule has 0 fully saturated rings. The Kier molecular flexibility index (Phi) is 7.70. The molecule has 1 aromatic carbocycles. The van der Waals surface area contributed by atoms with Gasteiger partial charge in [0.25, 0.3) is 0 Å². The van der Waals surface area contributed by atoms with Gasteiger partial charge in [-0.05, 0) is 48.7 Å². The second kappa shape index (κ2) is 9.77. The van der Waals surface area contributed by atoms with E-state index in [1.165, 1.54) is 11.1 Å². The van der Waals surface area contributed by atoms with Crippen LogP contribution < -0.4 is 14.8 Å². The van der Waals surface area contributed by atoms with Crippen LogP contribution in [0.15, 0.2) is 35.3 Å². The van der Waals surface area contributed by atoms with Gasteiger partial charge in [0.05, 0.1) is 26.5 Å². The molecule has 0 radical (unpaired) electrons. The van der Waals surface area contributed by atoms with Crippen molar-refractivity contribution in [2.24, 2.45) is 4.99 Å². The van der Waals surface area contributed by atoms with Crippen LogP contribution in [0.1, 0.15) is 22.5 Å². The van der Waals surface area contributed by atoms with Gasteiger partial charge in [-0.2, -0.15) is 0 Å². The fraction of sp³-hybridized carbons (Fsp3) is 0.400. The molecule has 1 aliphatic heterocycles. The maximum Gasteiger partial charge on any atom is 0.194 e. The number of halogens is 1. The summed E-state index contributed by atoms with van der Waals surface area (Å²) >= 11 is 0. The fourth-order valence-corrected chi connectivity index (χ4v) is 3.26. The lowest BCUT2D eigenvalue weighted by Gasteiger charge is -2.32. The van der Waals surface area contributed by atoms with Crippen molar-refractivity contribution in [3.63, 3.8) is 0 Å². The number of rotatable bonds is 4. The lowest BCUT2D eigenvalue weighted by molar-refractivity contribution is 0.346. The zero-order valence-corrected chi connectivity index (χ0v) is 18.6. The Balaban J connectivity index is 0.00000261. The maximum atomic E-state index is 5.44. The molecule has 1 aliphatic rings. The molecule has 7 heteroatoms. The van der Waals surface area contributed by atoms with Crippen LogP contribution >= 0.6 is 24.0 Å². The van der Waals surface area contributed by atoms with Gasteiger partial charge in [-0.25, -0.2) is 0 Å². The van der Waals surface area contributed by atoms with Gasteiger partial charge in [-0.1, -0.05) is 6.07 Å². The minimum absolute atomic E-state index is 0. The molecule has 0 spiro atoms. The van der Waals surface area contributed by atoms with E-state index in [1.54, 1.807) is 14.2 Å². The first kappa shape index (κ1) is 21.3. The van der Waals surface area contributed by atoms with Crippen molar-refractivity contribution in [1.82, 2.24) is 15.2 Å². The minimum atomic E-state index is 0. The summed E-state index contributed by atoms with van der Waals surface area (Å²) in [7, 11) is 5.15. The van der Waals surface area contributed by atoms with E-state index < -0.39 is 0 Å². The Morgan fingerprint density at radius 2 is 1.89 bits per heavy atom. The van der Waals surface area contributed by atoms with Crippen LogP contribution in [0.25, 0.3) is 0 Å². The highest BCUT2D eigenvalue weighted by Crippen LogP contribution is 2.33. The molecular formula is C20H27IN4O2. The molecule has 0 amide bonds. The monoisotopic (exact) mass is 482 g/mol. The van der Waals surface area contributed by atoms with Gasteiger partial charge in [-0.3, -0.25) is 9.98 Å². The summed E-state index contributed by atoms with van der Waals surface area (Å²) in [6.45, 7) is 4.35. The minimum Gasteiger partial charge on any atom is -0.493 e. The molecule has 0 bridgehead atoms. The van der Waals surface area contributed by atoms with Crippen LogP contribution in [0.3, 0.4) is 0 Å². The second-order valence-corrected chi connectivity index (χ2v) is 6.32. The van der Waals surface area contributed by atoms with Gasteiger partial charge in [0.1, 0.15) is 0 Å². The number of hydrogen-bond acceptors (Lipinski definition) is 4. The van der Waals surface area contributed by atoms with E-state index in [0.29, 0.717) is 6.54 Å². The third-order valence-corrected chi connectivity index (χ3v) is 4.60. The SMILES string of the molecule is CN=C(NCc1cccc(C)n1)N1CCc2cc(OC)c(OC)cc2C1.I. The molecule has 2 heterocycles. The van der Waals surface area contributed by atoms with Gasteiger partial charge in [0.15, 0.2) is 17.5 Å². The van der Waals surface area contributed by atoms with E-state index in [2.05, 4.69) is 32.3 Å². The molecule has 1 aromatic heterocycles. The van der Waals surface area contributed by atoms with Crippen molar-refractivity contribution in [2.75, 3.05) is 27.8 Å². The van der Waals surface area contributed by atoms with Crippen LogP contribution in [0.5, 0.6) is 11.5 Å². The Labute approximate surface area is 178 Å². The first-order valence-electron chi connectivity index (χ1n) is 8.76. The van der Waals surface area contributed by atoms with E-state index >= 15 is 0 Å². The molecule has 1 N–H and O–H groups in total. The van der Waals surface area contributed by atoms with E-state index in [0.717, 1.165) is 48.4 Å². The van der Waals surface area contributed by atoms with Crippen LogP contribution in [0.4, 0.5) is 0 Å². The number of aliphatic imine (C=N–C) groups is 1. The van der Waals surface area contributed by atoms with Crippen LogP contribution in [-0.2, 0) is 19.5 Å². The van der Waals surface area contributed by atoms with Gasteiger partial charge in [0.2, 0.25) is 0 Å².